The first kappa shape index (κ1) is 11.8. The van der Waals surface area contributed by atoms with Gasteiger partial charge >= 0.3 is 0 Å². The van der Waals surface area contributed by atoms with Crippen LogP contribution >= 0.6 is 11.3 Å². The Hall–Kier alpha value is -2.32. The molecule has 2 heterocycles. The van der Waals surface area contributed by atoms with E-state index in [1.54, 1.807) is 11.4 Å². The average Bonchev–Trinajstić information content (AvgIpc) is 3.03. The van der Waals surface area contributed by atoms with E-state index in [-0.39, 0.29) is 5.91 Å². The summed E-state index contributed by atoms with van der Waals surface area (Å²) in [6.07, 6.45) is 0.0426. The van der Waals surface area contributed by atoms with E-state index in [0.717, 1.165) is 11.3 Å². The number of rotatable bonds is 2. The van der Waals surface area contributed by atoms with Gasteiger partial charge in [0.15, 0.2) is 6.10 Å². The minimum absolute atomic E-state index is 0.213. The van der Waals surface area contributed by atoms with E-state index in [1.165, 1.54) is 11.3 Å². The summed E-state index contributed by atoms with van der Waals surface area (Å²) in [5.74, 6) is 0.546. The lowest BCUT2D eigenvalue weighted by Gasteiger charge is -2.10. The van der Waals surface area contributed by atoms with Crippen LogP contribution in [0.4, 0.5) is 5.00 Å². The number of para-hydroxylation sites is 1. The predicted molar refractivity (Wildman–Crippen MR) is 72.2 cm³/mol. The third-order valence-corrected chi connectivity index (χ3v) is 3.79. The molecule has 1 amide bonds. The number of hydrogen-bond donors (Lipinski definition) is 1. The second-order valence-electron chi connectivity index (χ2n) is 4.18. The molecule has 1 aliphatic rings. The van der Waals surface area contributed by atoms with Crippen LogP contribution in [0.1, 0.15) is 11.1 Å². The fraction of sp³-hybridized carbons (Fsp3) is 0.143. The molecule has 1 aromatic carbocycles. The third kappa shape index (κ3) is 2.18. The molecule has 1 atom stereocenters. The Bertz CT molecular complexity index is 647. The van der Waals surface area contributed by atoms with Gasteiger partial charge in [-0.1, -0.05) is 18.2 Å². The van der Waals surface area contributed by atoms with E-state index in [1.807, 2.05) is 30.3 Å². The molecule has 0 saturated heterocycles. The zero-order valence-corrected chi connectivity index (χ0v) is 10.7. The molecule has 0 spiro atoms. The van der Waals surface area contributed by atoms with Crippen LogP contribution in [0.15, 0.2) is 35.7 Å². The van der Waals surface area contributed by atoms with Crippen LogP contribution in [0.25, 0.3) is 0 Å². The number of amides is 1. The van der Waals surface area contributed by atoms with Crippen LogP contribution in [-0.2, 0) is 11.2 Å². The number of anilines is 1. The molecule has 94 valence electrons. The van der Waals surface area contributed by atoms with Crippen molar-refractivity contribution in [1.82, 2.24) is 0 Å². The highest BCUT2D eigenvalue weighted by Gasteiger charge is 2.29. The lowest BCUT2D eigenvalue weighted by atomic mass is 10.1. The zero-order chi connectivity index (χ0) is 13.2. The molecule has 1 unspecified atom stereocenters. The Balaban J connectivity index is 1.72. The number of fused-ring (bicyclic) bond motifs is 1. The van der Waals surface area contributed by atoms with E-state index in [2.05, 4.69) is 5.32 Å². The molecule has 5 heteroatoms. The molecule has 0 bridgehead atoms. The monoisotopic (exact) mass is 270 g/mol. The first-order valence-corrected chi connectivity index (χ1v) is 6.69. The number of hydrogen-bond acceptors (Lipinski definition) is 4. The van der Waals surface area contributed by atoms with Gasteiger partial charge in [-0.3, -0.25) is 4.79 Å². The number of ether oxygens (including phenoxy) is 1. The molecular formula is C14H10N2O2S. The highest BCUT2D eigenvalue weighted by Crippen LogP contribution is 2.29. The maximum atomic E-state index is 12.1. The van der Waals surface area contributed by atoms with Gasteiger partial charge in [-0.05, 0) is 23.1 Å². The minimum atomic E-state index is -0.522. The van der Waals surface area contributed by atoms with Crippen LogP contribution < -0.4 is 10.1 Å². The third-order valence-electron chi connectivity index (χ3n) is 2.96. The van der Waals surface area contributed by atoms with Crippen molar-refractivity contribution < 1.29 is 9.53 Å². The van der Waals surface area contributed by atoms with Gasteiger partial charge in [0, 0.05) is 6.42 Å². The Morgan fingerprint density at radius 3 is 3.05 bits per heavy atom. The number of carbonyl (C=O) groups is 1. The lowest BCUT2D eigenvalue weighted by molar-refractivity contribution is -0.122. The predicted octanol–water partition coefficient (Wildman–Crippen LogP) is 2.56. The summed E-state index contributed by atoms with van der Waals surface area (Å²) in [6.45, 7) is 0. The van der Waals surface area contributed by atoms with Crippen molar-refractivity contribution in [3.8, 4) is 11.8 Å². The molecular weight excluding hydrogens is 260 g/mol. The van der Waals surface area contributed by atoms with Crippen LogP contribution in [0, 0.1) is 11.3 Å². The van der Waals surface area contributed by atoms with Gasteiger partial charge in [0.25, 0.3) is 5.91 Å². The Morgan fingerprint density at radius 2 is 2.26 bits per heavy atom. The number of carbonyl (C=O) groups excluding carboxylic acids is 1. The molecule has 0 saturated carbocycles. The largest absolute Gasteiger partial charge is 0.480 e. The topological polar surface area (TPSA) is 62.1 Å². The van der Waals surface area contributed by atoms with Gasteiger partial charge in [0.05, 0.1) is 5.56 Å². The highest BCUT2D eigenvalue weighted by atomic mass is 32.1. The zero-order valence-electron chi connectivity index (χ0n) is 9.92. The van der Waals surface area contributed by atoms with Crippen LogP contribution in [0.2, 0.25) is 0 Å². The summed E-state index contributed by atoms with van der Waals surface area (Å²) in [5.41, 5.74) is 1.52. The van der Waals surface area contributed by atoms with Crippen molar-refractivity contribution in [2.75, 3.05) is 5.32 Å². The summed E-state index contributed by atoms with van der Waals surface area (Å²) < 4.78 is 5.60. The van der Waals surface area contributed by atoms with Gasteiger partial charge in [-0.2, -0.15) is 5.26 Å². The lowest BCUT2D eigenvalue weighted by Crippen LogP contribution is -2.31. The number of nitrogens with zero attached hydrogens (tertiary/aromatic N) is 1. The fourth-order valence-electron chi connectivity index (χ4n) is 2.01. The minimum Gasteiger partial charge on any atom is -0.480 e. The van der Waals surface area contributed by atoms with Gasteiger partial charge in [-0.25, -0.2) is 0 Å². The number of thiophene rings is 1. The average molecular weight is 270 g/mol. The smallest absolute Gasteiger partial charge is 0.266 e. The highest BCUT2D eigenvalue weighted by molar-refractivity contribution is 7.14. The summed E-state index contributed by atoms with van der Waals surface area (Å²) in [5, 5.41) is 14.0. The van der Waals surface area contributed by atoms with E-state index in [0.29, 0.717) is 17.0 Å². The molecule has 1 aliphatic heterocycles. The van der Waals surface area contributed by atoms with Crippen LogP contribution in [0.3, 0.4) is 0 Å². The Morgan fingerprint density at radius 1 is 1.42 bits per heavy atom. The first-order valence-electron chi connectivity index (χ1n) is 5.81. The van der Waals surface area contributed by atoms with E-state index in [4.69, 9.17) is 10.00 Å². The number of nitriles is 1. The second kappa shape index (κ2) is 4.75. The van der Waals surface area contributed by atoms with Gasteiger partial charge in [0.2, 0.25) is 0 Å². The maximum absolute atomic E-state index is 12.1. The quantitative estimate of drug-likeness (QED) is 0.912. The van der Waals surface area contributed by atoms with Crippen molar-refractivity contribution in [3.63, 3.8) is 0 Å². The molecule has 3 rings (SSSR count). The Kier molecular flexibility index (Phi) is 2.94. The molecule has 2 aromatic rings. The second-order valence-corrected chi connectivity index (χ2v) is 5.10. The first-order chi connectivity index (χ1) is 9.28. The van der Waals surface area contributed by atoms with E-state index in [9.17, 15) is 4.79 Å². The molecule has 19 heavy (non-hydrogen) atoms. The molecule has 0 aliphatic carbocycles. The summed E-state index contributed by atoms with van der Waals surface area (Å²) >= 11 is 1.34. The van der Waals surface area contributed by atoms with Gasteiger partial charge in [-0.15, -0.1) is 11.3 Å². The normalized spacial score (nSPS) is 16.3. The molecule has 0 radical (unpaired) electrons. The van der Waals surface area contributed by atoms with E-state index >= 15 is 0 Å². The van der Waals surface area contributed by atoms with Crippen molar-refractivity contribution in [1.29, 1.82) is 5.26 Å². The molecule has 1 aromatic heterocycles. The summed E-state index contributed by atoms with van der Waals surface area (Å²) in [7, 11) is 0. The Labute approximate surface area is 114 Å². The molecule has 1 N–H and O–H groups in total. The van der Waals surface area contributed by atoms with Gasteiger partial charge in [0.1, 0.15) is 16.8 Å². The van der Waals surface area contributed by atoms with Crippen LogP contribution in [-0.4, -0.2) is 12.0 Å². The SMILES string of the molecule is N#Cc1ccsc1NC(=O)C1Cc2ccccc2O1. The summed E-state index contributed by atoms with van der Waals surface area (Å²) in [6, 6.07) is 11.3. The van der Waals surface area contributed by atoms with Crippen LogP contribution in [0.5, 0.6) is 5.75 Å². The van der Waals surface area contributed by atoms with Crippen molar-refractivity contribution in [3.05, 3.63) is 46.8 Å². The van der Waals surface area contributed by atoms with Crippen molar-refractivity contribution in [2.24, 2.45) is 0 Å². The molecule has 4 nitrogen and oxygen atoms in total. The van der Waals surface area contributed by atoms with E-state index < -0.39 is 6.10 Å². The number of benzene rings is 1. The van der Waals surface area contributed by atoms with Gasteiger partial charge < -0.3 is 10.1 Å². The summed E-state index contributed by atoms with van der Waals surface area (Å²) in [4.78, 5) is 12.1. The van der Waals surface area contributed by atoms with Crippen molar-refractivity contribution >= 4 is 22.2 Å². The number of nitrogens with one attached hydrogen (secondary N) is 1. The maximum Gasteiger partial charge on any atom is 0.266 e. The fourth-order valence-corrected chi connectivity index (χ4v) is 2.76. The standard InChI is InChI=1S/C14H10N2O2S/c15-8-10-5-6-19-14(10)16-13(17)12-7-9-3-1-2-4-11(9)18-12/h1-6,12H,7H2,(H,16,17). The van der Waals surface area contributed by atoms with Crippen molar-refractivity contribution in [2.45, 2.75) is 12.5 Å². The molecule has 0 fully saturated rings.